The minimum atomic E-state index is 0.902. The molecule has 0 amide bonds. The van der Waals surface area contributed by atoms with Crippen LogP contribution in [0.3, 0.4) is 0 Å². The van der Waals surface area contributed by atoms with E-state index in [4.69, 9.17) is 4.42 Å². The molecule has 1 fully saturated rings. The SMILES string of the molecule is Cc1ccc(CN(C)CCNCC2CCCCC2)o1. The van der Waals surface area contributed by atoms with E-state index in [0.29, 0.717) is 0 Å². The van der Waals surface area contributed by atoms with Gasteiger partial charge < -0.3 is 9.73 Å². The lowest BCUT2D eigenvalue weighted by atomic mass is 9.89. The van der Waals surface area contributed by atoms with Crippen molar-refractivity contribution in [3.8, 4) is 0 Å². The first-order valence-corrected chi connectivity index (χ1v) is 7.68. The van der Waals surface area contributed by atoms with Crippen LogP contribution in [0.15, 0.2) is 16.5 Å². The number of aryl methyl sites for hydroxylation is 1. The number of nitrogens with zero attached hydrogens (tertiary/aromatic N) is 1. The summed E-state index contributed by atoms with van der Waals surface area (Å²) in [5, 5.41) is 3.60. The van der Waals surface area contributed by atoms with Gasteiger partial charge in [0, 0.05) is 13.1 Å². The molecule has 1 aliphatic carbocycles. The molecule has 2 rings (SSSR count). The average molecular weight is 264 g/mol. The van der Waals surface area contributed by atoms with Crippen LogP contribution in [-0.4, -0.2) is 31.6 Å². The number of hydrogen-bond donors (Lipinski definition) is 1. The molecule has 1 aliphatic rings. The Kier molecular flexibility index (Phi) is 5.93. The van der Waals surface area contributed by atoms with Crippen molar-refractivity contribution in [2.75, 3.05) is 26.7 Å². The zero-order valence-corrected chi connectivity index (χ0v) is 12.5. The molecule has 0 bridgehead atoms. The largest absolute Gasteiger partial charge is 0.465 e. The van der Waals surface area contributed by atoms with Crippen LogP contribution in [0.4, 0.5) is 0 Å². The topological polar surface area (TPSA) is 28.4 Å². The van der Waals surface area contributed by atoms with Crippen molar-refractivity contribution < 1.29 is 4.42 Å². The van der Waals surface area contributed by atoms with Gasteiger partial charge in [0.1, 0.15) is 11.5 Å². The van der Waals surface area contributed by atoms with E-state index in [0.717, 1.165) is 37.1 Å². The molecule has 1 saturated carbocycles. The minimum Gasteiger partial charge on any atom is -0.465 e. The van der Waals surface area contributed by atoms with E-state index in [1.165, 1.54) is 38.6 Å². The van der Waals surface area contributed by atoms with Gasteiger partial charge in [-0.15, -0.1) is 0 Å². The molecule has 0 aromatic carbocycles. The normalized spacial score (nSPS) is 17.2. The van der Waals surface area contributed by atoms with Crippen molar-refractivity contribution >= 4 is 0 Å². The van der Waals surface area contributed by atoms with Gasteiger partial charge in [-0.05, 0) is 51.4 Å². The Bertz CT molecular complexity index is 355. The molecule has 19 heavy (non-hydrogen) atoms. The van der Waals surface area contributed by atoms with Crippen LogP contribution in [0.2, 0.25) is 0 Å². The monoisotopic (exact) mass is 264 g/mol. The summed E-state index contributed by atoms with van der Waals surface area (Å²) < 4.78 is 5.59. The van der Waals surface area contributed by atoms with Gasteiger partial charge >= 0.3 is 0 Å². The number of furan rings is 1. The predicted octanol–water partition coefficient (Wildman–Crippen LogP) is 3.19. The van der Waals surface area contributed by atoms with E-state index in [9.17, 15) is 0 Å². The zero-order valence-electron chi connectivity index (χ0n) is 12.5. The Hall–Kier alpha value is -0.800. The van der Waals surface area contributed by atoms with Gasteiger partial charge in [-0.25, -0.2) is 0 Å². The molecule has 3 nitrogen and oxygen atoms in total. The number of nitrogens with one attached hydrogen (secondary N) is 1. The first kappa shape index (κ1) is 14.6. The van der Waals surface area contributed by atoms with Crippen molar-refractivity contribution in [2.24, 2.45) is 5.92 Å². The third-order valence-corrected chi connectivity index (χ3v) is 4.05. The standard InChI is InChI=1S/C16H28N2O/c1-14-8-9-16(19-14)13-18(2)11-10-17-12-15-6-4-3-5-7-15/h8-9,15,17H,3-7,10-13H2,1-2H3. The van der Waals surface area contributed by atoms with Gasteiger partial charge in [0.25, 0.3) is 0 Å². The van der Waals surface area contributed by atoms with E-state index in [-0.39, 0.29) is 0 Å². The summed E-state index contributed by atoms with van der Waals surface area (Å²) >= 11 is 0. The van der Waals surface area contributed by atoms with Crippen molar-refractivity contribution in [1.82, 2.24) is 10.2 Å². The summed E-state index contributed by atoms with van der Waals surface area (Å²) in [5.41, 5.74) is 0. The first-order valence-electron chi connectivity index (χ1n) is 7.68. The quantitative estimate of drug-likeness (QED) is 0.767. The van der Waals surface area contributed by atoms with Gasteiger partial charge in [-0.1, -0.05) is 19.3 Å². The summed E-state index contributed by atoms with van der Waals surface area (Å²) in [6.07, 6.45) is 7.17. The molecule has 1 aromatic heterocycles. The van der Waals surface area contributed by atoms with Gasteiger partial charge in [0.15, 0.2) is 0 Å². The molecule has 1 N–H and O–H groups in total. The first-order chi connectivity index (χ1) is 9.24. The molecule has 108 valence electrons. The fraction of sp³-hybridized carbons (Fsp3) is 0.750. The average Bonchev–Trinajstić information content (AvgIpc) is 2.81. The Morgan fingerprint density at radius 1 is 1.26 bits per heavy atom. The maximum absolute atomic E-state index is 5.59. The molecule has 1 aromatic rings. The summed E-state index contributed by atoms with van der Waals surface area (Å²) in [6, 6.07) is 4.10. The van der Waals surface area contributed by atoms with E-state index in [2.05, 4.69) is 23.3 Å². The highest BCUT2D eigenvalue weighted by Gasteiger charge is 2.12. The molecule has 0 aliphatic heterocycles. The molecular formula is C16H28N2O. The lowest BCUT2D eigenvalue weighted by molar-refractivity contribution is 0.282. The molecule has 0 radical (unpaired) electrons. The molecule has 0 spiro atoms. The fourth-order valence-electron chi connectivity index (χ4n) is 2.88. The van der Waals surface area contributed by atoms with Crippen LogP contribution in [-0.2, 0) is 6.54 Å². The van der Waals surface area contributed by atoms with Gasteiger partial charge in [0.05, 0.1) is 6.54 Å². The van der Waals surface area contributed by atoms with E-state index < -0.39 is 0 Å². The van der Waals surface area contributed by atoms with Crippen LogP contribution in [0.1, 0.15) is 43.6 Å². The Morgan fingerprint density at radius 3 is 2.74 bits per heavy atom. The summed E-state index contributed by atoms with van der Waals surface area (Å²) in [4.78, 5) is 2.31. The zero-order chi connectivity index (χ0) is 13.5. The van der Waals surface area contributed by atoms with Crippen LogP contribution in [0.25, 0.3) is 0 Å². The van der Waals surface area contributed by atoms with Gasteiger partial charge in [-0.2, -0.15) is 0 Å². The molecule has 0 saturated heterocycles. The van der Waals surface area contributed by atoms with Crippen molar-refractivity contribution in [2.45, 2.75) is 45.6 Å². The summed E-state index contributed by atoms with van der Waals surface area (Å²) in [5.74, 6) is 2.98. The summed E-state index contributed by atoms with van der Waals surface area (Å²) in [7, 11) is 2.15. The second kappa shape index (κ2) is 7.71. The third-order valence-electron chi connectivity index (χ3n) is 4.05. The molecule has 0 unspecified atom stereocenters. The Labute approximate surface area is 117 Å². The van der Waals surface area contributed by atoms with E-state index in [1.807, 2.05) is 13.0 Å². The number of hydrogen-bond acceptors (Lipinski definition) is 3. The van der Waals surface area contributed by atoms with Crippen LogP contribution < -0.4 is 5.32 Å². The highest BCUT2D eigenvalue weighted by atomic mass is 16.3. The second-order valence-corrected chi connectivity index (χ2v) is 5.96. The fourth-order valence-corrected chi connectivity index (χ4v) is 2.88. The highest BCUT2D eigenvalue weighted by molar-refractivity contribution is 5.05. The maximum Gasteiger partial charge on any atom is 0.118 e. The van der Waals surface area contributed by atoms with Crippen molar-refractivity contribution in [1.29, 1.82) is 0 Å². The van der Waals surface area contributed by atoms with Crippen LogP contribution in [0, 0.1) is 12.8 Å². The molecule has 3 heteroatoms. The van der Waals surface area contributed by atoms with Crippen molar-refractivity contribution in [3.63, 3.8) is 0 Å². The van der Waals surface area contributed by atoms with Crippen LogP contribution in [0.5, 0.6) is 0 Å². The maximum atomic E-state index is 5.59. The van der Waals surface area contributed by atoms with Gasteiger partial charge in [-0.3, -0.25) is 4.90 Å². The predicted molar refractivity (Wildman–Crippen MR) is 79.2 cm³/mol. The van der Waals surface area contributed by atoms with Gasteiger partial charge in [0.2, 0.25) is 0 Å². The molecular weight excluding hydrogens is 236 g/mol. The van der Waals surface area contributed by atoms with E-state index in [1.54, 1.807) is 0 Å². The molecule has 0 atom stereocenters. The minimum absolute atomic E-state index is 0.902. The Morgan fingerprint density at radius 2 is 2.05 bits per heavy atom. The lowest BCUT2D eigenvalue weighted by Gasteiger charge is -2.22. The highest BCUT2D eigenvalue weighted by Crippen LogP contribution is 2.22. The second-order valence-electron chi connectivity index (χ2n) is 5.96. The summed E-state index contributed by atoms with van der Waals surface area (Å²) in [6.45, 7) is 6.25. The Balaban J connectivity index is 1.54. The lowest BCUT2D eigenvalue weighted by Crippen LogP contribution is -2.32. The van der Waals surface area contributed by atoms with Crippen molar-refractivity contribution in [3.05, 3.63) is 23.7 Å². The number of likely N-dealkylation sites (N-methyl/N-ethyl adjacent to an activating group) is 1. The number of rotatable bonds is 7. The van der Waals surface area contributed by atoms with E-state index >= 15 is 0 Å². The van der Waals surface area contributed by atoms with Crippen LogP contribution >= 0.6 is 0 Å². The molecule has 1 heterocycles. The third kappa shape index (κ3) is 5.37. The smallest absolute Gasteiger partial charge is 0.118 e.